The lowest BCUT2D eigenvalue weighted by molar-refractivity contribution is -0.184. The van der Waals surface area contributed by atoms with Crippen molar-refractivity contribution >= 4 is 12.4 Å². The zero-order valence-electron chi connectivity index (χ0n) is 22.0. The third kappa shape index (κ3) is 3.96. The Labute approximate surface area is 201 Å². The molecule has 0 aliphatic heterocycles. The van der Waals surface area contributed by atoms with Gasteiger partial charge < -0.3 is 9.47 Å². The molecule has 0 aromatic heterocycles. The van der Waals surface area contributed by atoms with Crippen molar-refractivity contribution in [3.63, 3.8) is 0 Å². The van der Waals surface area contributed by atoms with Crippen LogP contribution in [0.2, 0.25) is 0 Å². The molecule has 0 N–H and O–H groups in total. The van der Waals surface area contributed by atoms with E-state index in [-0.39, 0.29) is 22.6 Å². The predicted molar refractivity (Wildman–Crippen MR) is 130 cm³/mol. The highest BCUT2D eigenvalue weighted by atomic mass is 16.6. The molecule has 0 saturated heterocycles. The molecule has 0 radical (unpaired) electrons. The quantitative estimate of drug-likeness (QED) is 0.201. The van der Waals surface area contributed by atoms with Gasteiger partial charge in [0, 0.05) is 5.92 Å². The molecule has 4 heteroatoms. The fourth-order valence-electron chi connectivity index (χ4n) is 9.55. The van der Waals surface area contributed by atoms with E-state index < -0.39 is 0 Å². The zero-order chi connectivity index (χ0) is 24.0. The van der Waals surface area contributed by atoms with Crippen LogP contribution in [0.15, 0.2) is 0 Å². The number of hydrogen-bond acceptors (Lipinski definition) is 4. The molecule has 9 unspecified atom stereocenters. The zero-order valence-corrected chi connectivity index (χ0v) is 22.0. The average molecular weight is 461 g/mol. The van der Waals surface area contributed by atoms with E-state index in [2.05, 4.69) is 41.5 Å². The summed E-state index contributed by atoms with van der Waals surface area (Å²) in [6.07, 6.45) is 11.6. The molecular formula is C29H48O4. The monoisotopic (exact) mass is 460 g/mol. The fourth-order valence-corrected chi connectivity index (χ4v) is 9.55. The van der Waals surface area contributed by atoms with E-state index in [1.54, 1.807) is 0 Å². The molecule has 0 heterocycles. The van der Waals surface area contributed by atoms with Crippen molar-refractivity contribution in [2.75, 3.05) is 0 Å². The molecule has 0 amide bonds. The number of ether oxygens (including phenoxy) is 2. The molecule has 4 saturated carbocycles. The van der Waals surface area contributed by atoms with Crippen molar-refractivity contribution in [1.82, 2.24) is 0 Å². The van der Waals surface area contributed by atoms with Crippen molar-refractivity contribution < 1.29 is 19.1 Å². The van der Waals surface area contributed by atoms with Crippen LogP contribution >= 0.6 is 0 Å². The summed E-state index contributed by atoms with van der Waals surface area (Å²) in [5.41, 5.74) is -1.03. The van der Waals surface area contributed by atoms with Gasteiger partial charge in [0.1, 0.15) is 11.2 Å². The van der Waals surface area contributed by atoms with Crippen molar-refractivity contribution in [3.8, 4) is 0 Å². The molecule has 9 atom stereocenters. The largest absolute Gasteiger partial charge is 0.461 e. The summed E-state index contributed by atoms with van der Waals surface area (Å²) in [4.78, 5) is 25.2. The van der Waals surface area contributed by atoms with Crippen LogP contribution in [0.5, 0.6) is 0 Å². The molecule has 4 nitrogen and oxygen atoms in total. The fraction of sp³-hybridized carbons (Fsp3) is 0.931. The van der Waals surface area contributed by atoms with E-state index in [4.69, 9.17) is 9.47 Å². The van der Waals surface area contributed by atoms with Gasteiger partial charge in [-0.3, -0.25) is 9.59 Å². The smallest absolute Gasteiger partial charge is 0.312 e. The second-order valence-corrected chi connectivity index (χ2v) is 12.6. The Hall–Kier alpha value is -1.06. The first-order valence-corrected chi connectivity index (χ1v) is 14.1. The lowest BCUT2D eigenvalue weighted by atomic mass is 9.64. The average Bonchev–Trinajstić information content (AvgIpc) is 3.28. The van der Waals surface area contributed by atoms with Crippen molar-refractivity contribution in [3.05, 3.63) is 0 Å². The Morgan fingerprint density at radius 2 is 1.70 bits per heavy atom. The lowest BCUT2D eigenvalue weighted by Crippen LogP contribution is -2.47. The summed E-state index contributed by atoms with van der Waals surface area (Å²) >= 11 is 0. The molecule has 4 bridgehead atoms. The van der Waals surface area contributed by atoms with Crippen LogP contribution in [0, 0.1) is 46.8 Å². The first kappa shape index (κ1) is 25.0. The number of hydrogen-bond donors (Lipinski definition) is 0. The summed E-state index contributed by atoms with van der Waals surface area (Å²) < 4.78 is 12.3. The minimum absolute atomic E-state index is 0.0625. The van der Waals surface area contributed by atoms with Gasteiger partial charge in [-0.1, -0.05) is 34.1 Å². The van der Waals surface area contributed by atoms with E-state index >= 15 is 0 Å². The third-order valence-corrected chi connectivity index (χ3v) is 11.1. The Balaban J connectivity index is 1.55. The van der Waals surface area contributed by atoms with E-state index in [1.165, 1.54) is 12.8 Å². The van der Waals surface area contributed by atoms with Crippen LogP contribution in [0.3, 0.4) is 0 Å². The van der Waals surface area contributed by atoms with Gasteiger partial charge in [0.25, 0.3) is 6.47 Å². The third-order valence-electron chi connectivity index (χ3n) is 11.1. The summed E-state index contributed by atoms with van der Waals surface area (Å²) in [5, 5.41) is 0. The van der Waals surface area contributed by atoms with Gasteiger partial charge in [0.2, 0.25) is 0 Å². The second-order valence-electron chi connectivity index (χ2n) is 12.6. The molecule has 188 valence electrons. The first-order chi connectivity index (χ1) is 15.7. The van der Waals surface area contributed by atoms with Crippen LogP contribution in [0.4, 0.5) is 0 Å². The van der Waals surface area contributed by atoms with Gasteiger partial charge >= 0.3 is 5.97 Å². The summed E-state index contributed by atoms with van der Waals surface area (Å²) in [6.45, 7) is 13.9. The highest BCUT2D eigenvalue weighted by Crippen LogP contribution is 2.69. The summed E-state index contributed by atoms with van der Waals surface area (Å²) in [7, 11) is 0. The van der Waals surface area contributed by atoms with E-state index in [0.29, 0.717) is 42.0 Å². The molecule has 0 aromatic rings. The topological polar surface area (TPSA) is 52.6 Å². The van der Waals surface area contributed by atoms with Crippen molar-refractivity contribution in [1.29, 1.82) is 0 Å². The lowest BCUT2D eigenvalue weighted by Gasteiger charge is -2.45. The Morgan fingerprint density at radius 3 is 2.27 bits per heavy atom. The van der Waals surface area contributed by atoms with Crippen LogP contribution in [0.25, 0.3) is 0 Å². The van der Waals surface area contributed by atoms with Gasteiger partial charge in [0.05, 0.1) is 5.41 Å². The molecule has 33 heavy (non-hydrogen) atoms. The van der Waals surface area contributed by atoms with E-state index in [1.807, 2.05) is 0 Å². The summed E-state index contributed by atoms with van der Waals surface area (Å²) in [5.74, 6) is 4.19. The van der Waals surface area contributed by atoms with Crippen molar-refractivity contribution in [2.45, 2.75) is 123 Å². The van der Waals surface area contributed by atoms with E-state index in [0.717, 1.165) is 63.7 Å². The minimum atomic E-state index is -0.381. The maximum absolute atomic E-state index is 13.9. The number of carbonyl (C=O) groups excluding carboxylic acids is 2. The molecule has 4 aliphatic carbocycles. The van der Waals surface area contributed by atoms with Gasteiger partial charge in [-0.2, -0.15) is 0 Å². The second kappa shape index (κ2) is 9.19. The van der Waals surface area contributed by atoms with E-state index in [9.17, 15) is 9.59 Å². The minimum Gasteiger partial charge on any atom is -0.461 e. The van der Waals surface area contributed by atoms with Crippen molar-refractivity contribution in [2.24, 2.45) is 46.8 Å². The number of carbonyl (C=O) groups is 2. The van der Waals surface area contributed by atoms with Crippen LogP contribution < -0.4 is 0 Å². The molecule has 0 spiro atoms. The maximum Gasteiger partial charge on any atom is 0.312 e. The summed E-state index contributed by atoms with van der Waals surface area (Å²) in [6, 6.07) is 0. The van der Waals surface area contributed by atoms with Gasteiger partial charge in [0.15, 0.2) is 0 Å². The van der Waals surface area contributed by atoms with Gasteiger partial charge in [-0.05, 0) is 114 Å². The molecule has 4 aliphatic rings. The normalized spacial score (nSPS) is 42.5. The maximum atomic E-state index is 13.9. The Bertz CT molecular complexity index is 729. The highest BCUT2D eigenvalue weighted by Gasteiger charge is 2.65. The van der Waals surface area contributed by atoms with Gasteiger partial charge in [-0.15, -0.1) is 0 Å². The first-order valence-electron chi connectivity index (χ1n) is 14.1. The highest BCUT2D eigenvalue weighted by molar-refractivity contribution is 5.77. The SMILES string of the molecule is CCCC(CC)C(CC)(CC)OC(=O)C1(C)CC2CC(C1)C1C2C2CCC(C)(OC=O)C1C2. The molecule has 0 aromatic carbocycles. The Kier molecular flexibility index (Phi) is 6.97. The standard InChI is InChI=1S/C29H48O4/c1-7-11-22(8-2)29(9-3,10-4)33-26(31)27(5)16-20-14-21(17-27)25-23-15-19(24(20)25)12-13-28(23,6)32-18-30/h18-25H,7-17H2,1-6H3. The molecular weight excluding hydrogens is 412 g/mol. The van der Waals surface area contributed by atoms with Crippen LogP contribution in [0.1, 0.15) is 112 Å². The predicted octanol–water partition coefficient (Wildman–Crippen LogP) is 6.94. The van der Waals surface area contributed by atoms with Gasteiger partial charge in [-0.25, -0.2) is 0 Å². The molecule has 4 rings (SSSR count). The Morgan fingerprint density at radius 1 is 1.03 bits per heavy atom. The number of fused-ring (bicyclic) bond motifs is 9. The number of esters is 1. The van der Waals surface area contributed by atoms with Crippen LogP contribution in [-0.2, 0) is 19.1 Å². The number of rotatable bonds is 10. The van der Waals surface area contributed by atoms with Crippen LogP contribution in [-0.4, -0.2) is 23.6 Å². The molecule has 4 fully saturated rings.